The van der Waals surface area contributed by atoms with Crippen LogP contribution in [0.15, 0.2) is 0 Å². The Kier molecular flexibility index (Phi) is 22.4. The topological polar surface area (TPSA) is 186 Å². The van der Waals surface area contributed by atoms with E-state index in [9.17, 15) is 38.7 Å². The Labute approximate surface area is 449 Å². The number of carbonyl (C=O) groups excluding carboxylic acids is 7. The van der Waals surface area contributed by atoms with Crippen LogP contribution in [0.25, 0.3) is 0 Å². The van der Waals surface area contributed by atoms with Crippen molar-refractivity contribution in [1.29, 1.82) is 0 Å². The number of hydrogen-bond acceptors (Lipinski definition) is 13. The quantitative estimate of drug-likeness (QED) is 0.0928. The molecule has 430 valence electrons. The van der Waals surface area contributed by atoms with Gasteiger partial charge in [0.15, 0.2) is 12.4 Å². The van der Waals surface area contributed by atoms with Gasteiger partial charge in [-0.3, -0.25) is 28.8 Å². The molecule has 11 aliphatic rings. The van der Waals surface area contributed by atoms with Crippen LogP contribution in [0.3, 0.4) is 0 Å². The van der Waals surface area contributed by atoms with Crippen molar-refractivity contribution < 1.29 is 62.4 Å². The van der Waals surface area contributed by atoms with E-state index in [4.69, 9.17) is 23.7 Å². The molecule has 0 amide bonds. The van der Waals surface area contributed by atoms with E-state index in [1.54, 1.807) is 13.8 Å². The molecule has 1 N–H and O–H groups in total. The van der Waals surface area contributed by atoms with Gasteiger partial charge in [0.05, 0.1) is 28.3 Å². The van der Waals surface area contributed by atoms with E-state index in [0.29, 0.717) is 31.1 Å². The van der Waals surface area contributed by atoms with Crippen molar-refractivity contribution in [1.82, 2.24) is 0 Å². The normalized spacial score (nSPS) is 34.8. The molecule has 13 heteroatoms. The van der Waals surface area contributed by atoms with Gasteiger partial charge in [0.2, 0.25) is 0 Å². The molecule has 0 aromatic rings. The first-order valence-electron chi connectivity index (χ1n) is 26.3. The van der Waals surface area contributed by atoms with Crippen LogP contribution in [0.2, 0.25) is 0 Å². The van der Waals surface area contributed by atoms with Crippen LogP contribution in [-0.2, 0) is 57.2 Å². The lowest BCUT2D eigenvalue weighted by atomic mass is 9.46. The zero-order chi connectivity index (χ0) is 50.2. The summed E-state index contributed by atoms with van der Waals surface area (Å²) < 4.78 is 28.0. The summed E-state index contributed by atoms with van der Waals surface area (Å²) in [4.78, 5) is 85.5. The summed E-state index contributed by atoms with van der Waals surface area (Å²) in [5.41, 5.74) is -3.71. The summed E-state index contributed by atoms with van der Waals surface area (Å²) in [6, 6.07) is 0. The van der Waals surface area contributed by atoms with Gasteiger partial charge < -0.3 is 28.8 Å². The van der Waals surface area contributed by atoms with E-state index < -0.39 is 64.4 Å². The summed E-state index contributed by atoms with van der Waals surface area (Å²) in [5, 5.41) is 10.6. The van der Waals surface area contributed by atoms with Gasteiger partial charge in [0.25, 0.3) is 0 Å². The summed E-state index contributed by atoms with van der Waals surface area (Å²) in [7, 11) is 0. The molecule has 10 aliphatic carbocycles. The summed E-state index contributed by atoms with van der Waals surface area (Å²) >= 11 is 0. The predicted molar refractivity (Wildman–Crippen MR) is 292 cm³/mol. The Morgan fingerprint density at radius 1 is 0.622 bits per heavy atom. The van der Waals surface area contributed by atoms with Gasteiger partial charge in [-0.1, -0.05) is 65.3 Å². The first kappa shape index (κ1) is 68.7. The van der Waals surface area contributed by atoms with E-state index in [1.165, 1.54) is 51.9 Å². The number of aliphatic hydroxyl groups is 1. The largest absolute Gasteiger partial charge is 0.459 e. The zero-order valence-electron chi connectivity index (χ0n) is 43.5. The molecule has 0 aromatic heterocycles. The maximum atomic E-state index is 12.6. The van der Waals surface area contributed by atoms with Gasteiger partial charge in [-0.25, -0.2) is 4.79 Å². The van der Waals surface area contributed by atoms with Gasteiger partial charge >= 0.3 is 29.8 Å². The summed E-state index contributed by atoms with van der Waals surface area (Å²) in [6.45, 7) is 22.5. The number of carbonyl (C=O) groups is 7. The molecule has 1 aliphatic heterocycles. The van der Waals surface area contributed by atoms with Crippen LogP contribution < -0.4 is 0 Å². The molecule has 0 aromatic carbocycles. The van der Waals surface area contributed by atoms with Crippen molar-refractivity contribution in [3.63, 3.8) is 0 Å². The highest BCUT2D eigenvalue weighted by atomic mass is 16.6. The number of esters is 5. The first-order chi connectivity index (χ1) is 31.5. The number of rotatable bonds is 15. The number of fused-ring (bicyclic) bond motifs is 1. The average Bonchev–Trinajstić information content (AvgIpc) is 3.84. The number of ketones is 2. The van der Waals surface area contributed by atoms with E-state index >= 15 is 0 Å². The van der Waals surface area contributed by atoms with Crippen molar-refractivity contribution >= 4 is 41.4 Å². The standard InChI is InChI=1S/C20H26O8.C19H32O2.C16H26O3.6CH4/c1-5-19(3,4)17(24)26-9-14(23)27-15-11-7-12-16(15)28-18(25)20(12,8-11)13(22)6-10(2)21;1-6-17(2,3)16(20)21-18(4,5)19-10-13-7-14(11-19)9-15(8-13)12-19;1-4-14(2,3)13(17)19-16-8-11-5-12(9-16)7-15(18,6-11)10-16;;;;;;/h11-12,15-16H,5-9H2,1-4H3;13-15H,6-12H2,1-5H3;11-12,18H,4-10H2,1-3H3;6*1H4. The van der Waals surface area contributed by atoms with Crippen LogP contribution in [0.5, 0.6) is 0 Å². The molecule has 13 nitrogen and oxygen atoms in total. The molecule has 0 spiro atoms. The molecule has 1 saturated heterocycles. The Morgan fingerprint density at radius 2 is 1.08 bits per heavy atom. The highest BCUT2D eigenvalue weighted by Crippen LogP contribution is 2.65. The molecule has 7 unspecified atom stereocenters. The van der Waals surface area contributed by atoms with Gasteiger partial charge in [-0.2, -0.15) is 0 Å². The molecule has 1 heterocycles. The Hall–Kier alpha value is -3.35. The van der Waals surface area contributed by atoms with E-state index in [0.717, 1.165) is 56.3 Å². The SMILES string of the molecule is C.C.C.C.C.C.CCC(C)(C)C(=O)OC(C)(C)C12CC3CC(CC(C3)C1)C2.CCC(C)(C)C(=O)OC12CC3CC(CC(O)(C3)C1)C2.CCC(C)(C)C(=O)OCC(=O)OC1C2CC3C1OC(=O)C3(C(=O)CC(C)=O)C2. The summed E-state index contributed by atoms with van der Waals surface area (Å²) in [6.07, 6.45) is 15.1. The van der Waals surface area contributed by atoms with Gasteiger partial charge in [0, 0.05) is 23.7 Å². The first-order valence-corrected chi connectivity index (χ1v) is 26.3. The van der Waals surface area contributed by atoms with Crippen molar-refractivity contribution in [2.45, 2.75) is 272 Å². The van der Waals surface area contributed by atoms with Gasteiger partial charge in [0.1, 0.15) is 34.6 Å². The minimum absolute atomic E-state index is 0. The van der Waals surface area contributed by atoms with Crippen molar-refractivity contribution in [3.05, 3.63) is 0 Å². The van der Waals surface area contributed by atoms with Crippen LogP contribution in [0.1, 0.15) is 243 Å². The third-order valence-corrected chi connectivity index (χ3v) is 19.3. The molecule has 0 radical (unpaired) electrons. The maximum absolute atomic E-state index is 12.6. The van der Waals surface area contributed by atoms with Crippen LogP contribution in [0.4, 0.5) is 0 Å². The second-order valence-electron chi connectivity index (χ2n) is 26.0. The third-order valence-electron chi connectivity index (χ3n) is 19.3. The summed E-state index contributed by atoms with van der Waals surface area (Å²) in [5.74, 6) is 0.640. The van der Waals surface area contributed by atoms with E-state index in [-0.39, 0.29) is 109 Å². The lowest BCUT2D eigenvalue weighted by Crippen LogP contribution is -2.61. The second-order valence-corrected chi connectivity index (χ2v) is 26.0. The van der Waals surface area contributed by atoms with Crippen LogP contribution in [-0.4, -0.2) is 82.1 Å². The van der Waals surface area contributed by atoms with E-state index in [2.05, 4.69) is 20.8 Å². The van der Waals surface area contributed by atoms with Gasteiger partial charge in [-0.15, -0.1) is 0 Å². The Balaban J connectivity index is 0.000000543. The minimum Gasteiger partial charge on any atom is -0.459 e. The molecular formula is C61H108O13. The molecule has 11 rings (SSSR count). The predicted octanol–water partition coefficient (Wildman–Crippen LogP) is 13.2. The monoisotopic (exact) mass is 1050 g/mol. The molecular weight excluding hydrogens is 941 g/mol. The lowest BCUT2D eigenvalue weighted by molar-refractivity contribution is -0.225. The molecule has 10 saturated carbocycles. The lowest BCUT2D eigenvalue weighted by Gasteiger charge is -2.61. The fraction of sp³-hybridized carbons (Fsp3) is 0.885. The number of hydrogen-bond donors (Lipinski definition) is 1. The van der Waals surface area contributed by atoms with E-state index in [1.807, 2.05) is 41.5 Å². The average molecular weight is 1050 g/mol. The van der Waals surface area contributed by atoms with Crippen LogP contribution in [0, 0.1) is 68.5 Å². The molecule has 11 fully saturated rings. The smallest absolute Gasteiger partial charge is 0.344 e. The third kappa shape index (κ3) is 13.0. The molecule has 7 atom stereocenters. The highest BCUT2D eigenvalue weighted by Gasteiger charge is 2.74. The molecule has 74 heavy (non-hydrogen) atoms. The Morgan fingerprint density at radius 3 is 1.54 bits per heavy atom. The highest BCUT2D eigenvalue weighted by molar-refractivity contribution is 6.12. The fourth-order valence-electron chi connectivity index (χ4n) is 14.8. The Bertz CT molecular complexity index is 1960. The fourth-order valence-corrected chi connectivity index (χ4v) is 14.8. The second kappa shape index (κ2) is 24.1. The molecule has 10 bridgehead atoms. The zero-order valence-corrected chi connectivity index (χ0v) is 43.5. The van der Waals surface area contributed by atoms with Gasteiger partial charge in [-0.05, 0) is 195 Å². The van der Waals surface area contributed by atoms with Crippen LogP contribution >= 0.6 is 0 Å². The van der Waals surface area contributed by atoms with Crippen molar-refractivity contribution in [2.75, 3.05) is 6.61 Å². The number of Topliss-reactive ketones (excluding diaryl/α,β-unsaturated/α-hetero) is 2. The van der Waals surface area contributed by atoms with Crippen molar-refractivity contribution in [3.8, 4) is 0 Å². The number of ether oxygens (including phenoxy) is 5. The maximum Gasteiger partial charge on any atom is 0.344 e. The van der Waals surface area contributed by atoms with Crippen molar-refractivity contribution in [2.24, 2.45) is 68.5 Å². The minimum atomic E-state index is -1.28.